The summed E-state index contributed by atoms with van der Waals surface area (Å²) >= 11 is 1.64. The number of likely N-dealkylation sites (tertiary alicyclic amines) is 1. The molecule has 1 aliphatic heterocycles. The number of carbonyl (C=O) groups is 1. The summed E-state index contributed by atoms with van der Waals surface area (Å²) in [5.74, 6) is 1.42. The van der Waals surface area contributed by atoms with Crippen molar-refractivity contribution < 1.29 is 9.53 Å². The van der Waals surface area contributed by atoms with Crippen LogP contribution in [0.5, 0.6) is 5.88 Å². The molecule has 1 aliphatic rings. The Morgan fingerprint density at radius 2 is 2.10 bits per heavy atom. The van der Waals surface area contributed by atoms with Crippen molar-refractivity contribution in [2.24, 2.45) is 7.05 Å². The van der Waals surface area contributed by atoms with Crippen LogP contribution in [0.4, 0.5) is 0 Å². The number of hydrogen-bond donors (Lipinski definition) is 0. The first-order valence-electron chi connectivity index (χ1n) is 9.86. The molecular formula is C20H26N6O2S. The van der Waals surface area contributed by atoms with Crippen molar-refractivity contribution in [3.05, 3.63) is 17.5 Å². The molecule has 4 rings (SSSR count). The molecule has 0 spiro atoms. The average Bonchev–Trinajstić information content (AvgIpc) is 3.40. The number of hydrogen-bond acceptors (Lipinski definition) is 7. The molecule has 8 nitrogen and oxygen atoms in total. The summed E-state index contributed by atoms with van der Waals surface area (Å²) in [5.41, 5.74) is 1.34. The van der Waals surface area contributed by atoms with Crippen molar-refractivity contribution in [3.63, 3.8) is 0 Å². The summed E-state index contributed by atoms with van der Waals surface area (Å²) in [4.78, 5) is 32.9. The number of imidazole rings is 1. The van der Waals surface area contributed by atoms with Crippen molar-refractivity contribution in [3.8, 4) is 16.6 Å². The third kappa shape index (κ3) is 3.71. The van der Waals surface area contributed by atoms with Crippen molar-refractivity contribution in [1.82, 2.24) is 29.4 Å². The molecule has 0 N–H and O–H groups in total. The van der Waals surface area contributed by atoms with Crippen molar-refractivity contribution in [2.75, 3.05) is 13.1 Å². The summed E-state index contributed by atoms with van der Waals surface area (Å²) < 4.78 is 8.09. The first kappa shape index (κ1) is 19.8. The molecule has 1 amide bonds. The molecule has 0 bridgehead atoms. The minimum atomic E-state index is -0.0787. The van der Waals surface area contributed by atoms with Gasteiger partial charge in [0, 0.05) is 38.0 Å². The molecule has 0 saturated carbocycles. The Balaban J connectivity index is 1.63. The lowest BCUT2D eigenvalue weighted by molar-refractivity contribution is -0.130. The molecule has 29 heavy (non-hydrogen) atoms. The monoisotopic (exact) mass is 414 g/mol. The second kappa shape index (κ2) is 7.37. The molecule has 0 unspecified atom stereocenters. The van der Waals surface area contributed by atoms with E-state index in [4.69, 9.17) is 9.72 Å². The number of rotatable bonds is 4. The zero-order chi connectivity index (χ0) is 20.8. The van der Waals surface area contributed by atoms with E-state index >= 15 is 0 Å². The normalized spacial score (nSPS) is 17.3. The fraction of sp³-hybridized carbons (Fsp3) is 0.550. The molecule has 0 aromatic carbocycles. The predicted molar refractivity (Wildman–Crippen MR) is 112 cm³/mol. The number of thiazole rings is 1. The van der Waals surface area contributed by atoms with Crippen molar-refractivity contribution in [1.29, 1.82) is 0 Å². The molecule has 0 radical (unpaired) electrons. The van der Waals surface area contributed by atoms with Gasteiger partial charge >= 0.3 is 0 Å². The summed E-state index contributed by atoms with van der Waals surface area (Å²) in [6.45, 7) is 9.63. The highest BCUT2D eigenvalue weighted by Crippen LogP contribution is 2.34. The van der Waals surface area contributed by atoms with Gasteiger partial charge in [-0.25, -0.2) is 15.0 Å². The molecule has 1 atom stereocenters. The van der Waals surface area contributed by atoms with Gasteiger partial charge in [0.15, 0.2) is 17.0 Å². The lowest BCUT2D eigenvalue weighted by Crippen LogP contribution is -2.30. The van der Waals surface area contributed by atoms with Crippen molar-refractivity contribution >= 4 is 28.4 Å². The van der Waals surface area contributed by atoms with Gasteiger partial charge in [-0.05, 0) is 0 Å². The standard InChI is InChI=1S/C20H26N6O2S/c1-6-14(27)26-8-7-12(10-26)28-18-15-17(22-11-23-18)25(5)16(24-15)13-9-21-19(29-13)20(2,3)4/h9,11-12H,6-8,10H2,1-5H3/t12-/m0/s1. The van der Waals surface area contributed by atoms with Crippen LogP contribution in [0.3, 0.4) is 0 Å². The first-order valence-corrected chi connectivity index (χ1v) is 10.7. The van der Waals surface area contributed by atoms with Crippen LogP contribution >= 0.6 is 11.3 Å². The van der Waals surface area contributed by atoms with E-state index in [2.05, 4.69) is 35.7 Å². The van der Waals surface area contributed by atoms with E-state index < -0.39 is 0 Å². The van der Waals surface area contributed by atoms with Crippen molar-refractivity contribution in [2.45, 2.75) is 52.1 Å². The van der Waals surface area contributed by atoms with E-state index in [0.717, 1.165) is 34.3 Å². The Hall–Kier alpha value is -2.55. The van der Waals surface area contributed by atoms with Crippen LogP contribution in [-0.2, 0) is 17.3 Å². The maximum atomic E-state index is 11.9. The number of fused-ring (bicyclic) bond motifs is 1. The van der Waals surface area contributed by atoms with E-state index in [1.165, 1.54) is 6.33 Å². The van der Waals surface area contributed by atoms with Crippen LogP contribution in [0.15, 0.2) is 12.5 Å². The van der Waals surface area contributed by atoms with Gasteiger partial charge in [0.1, 0.15) is 12.4 Å². The smallest absolute Gasteiger partial charge is 0.245 e. The Labute approximate surface area is 174 Å². The Morgan fingerprint density at radius 3 is 2.79 bits per heavy atom. The highest BCUT2D eigenvalue weighted by molar-refractivity contribution is 7.15. The van der Waals surface area contributed by atoms with E-state index in [0.29, 0.717) is 24.4 Å². The number of carbonyl (C=O) groups excluding carboxylic acids is 1. The number of amides is 1. The minimum absolute atomic E-state index is 0.00808. The fourth-order valence-corrected chi connectivity index (χ4v) is 4.44. The fourth-order valence-electron chi connectivity index (χ4n) is 3.44. The Bertz CT molecular complexity index is 1050. The molecule has 9 heteroatoms. The van der Waals surface area contributed by atoms with E-state index in [-0.39, 0.29) is 17.4 Å². The van der Waals surface area contributed by atoms with Crippen LogP contribution in [0.2, 0.25) is 0 Å². The molecule has 0 aliphatic carbocycles. The highest BCUT2D eigenvalue weighted by Gasteiger charge is 2.28. The maximum Gasteiger partial charge on any atom is 0.245 e. The number of ether oxygens (including phenoxy) is 1. The third-order valence-electron chi connectivity index (χ3n) is 5.07. The molecule has 1 fully saturated rings. The summed E-state index contributed by atoms with van der Waals surface area (Å²) in [6.07, 6.45) is 4.59. The topological polar surface area (TPSA) is 86.0 Å². The molecule has 3 aromatic rings. The van der Waals surface area contributed by atoms with Gasteiger partial charge in [-0.2, -0.15) is 4.98 Å². The number of aryl methyl sites for hydroxylation is 1. The van der Waals surface area contributed by atoms with E-state index in [9.17, 15) is 4.79 Å². The summed E-state index contributed by atoms with van der Waals surface area (Å²) in [6, 6.07) is 0. The first-order chi connectivity index (χ1) is 13.8. The average molecular weight is 415 g/mol. The summed E-state index contributed by atoms with van der Waals surface area (Å²) in [7, 11) is 1.94. The Kier molecular flexibility index (Phi) is 5.02. The van der Waals surface area contributed by atoms with Gasteiger partial charge in [-0.3, -0.25) is 4.79 Å². The zero-order valence-electron chi connectivity index (χ0n) is 17.5. The maximum absolute atomic E-state index is 11.9. The van der Waals surface area contributed by atoms with Gasteiger partial charge in [-0.15, -0.1) is 11.3 Å². The molecule has 4 heterocycles. The minimum Gasteiger partial charge on any atom is -0.471 e. The zero-order valence-corrected chi connectivity index (χ0v) is 18.3. The van der Waals surface area contributed by atoms with E-state index in [1.807, 2.05) is 29.6 Å². The lowest BCUT2D eigenvalue weighted by atomic mass is 9.98. The van der Waals surface area contributed by atoms with Crippen LogP contribution in [-0.4, -0.2) is 54.5 Å². The quantitative estimate of drug-likeness (QED) is 0.652. The molecular weight excluding hydrogens is 388 g/mol. The van der Waals surface area contributed by atoms with Crippen LogP contribution in [0.25, 0.3) is 21.9 Å². The van der Waals surface area contributed by atoms with Gasteiger partial charge in [0.05, 0.1) is 16.4 Å². The molecule has 1 saturated heterocycles. The van der Waals surface area contributed by atoms with Gasteiger partial charge in [0.2, 0.25) is 11.8 Å². The van der Waals surface area contributed by atoms with Crippen LogP contribution < -0.4 is 4.74 Å². The van der Waals surface area contributed by atoms with Crippen LogP contribution in [0.1, 0.15) is 45.5 Å². The molecule has 3 aromatic heterocycles. The predicted octanol–water partition coefficient (Wildman–Crippen LogP) is 3.17. The van der Waals surface area contributed by atoms with Gasteiger partial charge < -0.3 is 14.2 Å². The van der Waals surface area contributed by atoms with Crippen LogP contribution in [0, 0.1) is 0 Å². The number of aromatic nitrogens is 5. The van der Waals surface area contributed by atoms with E-state index in [1.54, 1.807) is 11.3 Å². The lowest BCUT2D eigenvalue weighted by Gasteiger charge is -2.16. The third-order valence-corrected chi connectivity index (χ3v) is 6.49. The Morgan fingerprint density at radius 1 is 1.31 bits per heavy atom. The summed E-state index contributed by atoms with van der Waals surface area (Å²) in [5, 5.41) is 1.06. The van der Waals surface area contributed by atoms with Gasteiger partial charge in [0.25, 0.3) is 0 Å². The molecule has 154 valence electrons. The second-order valence-electron chi connectivity index (χ2n) is 8.35. The second-order valence-corrected chi connectivity index (χ2v) is 9.38. The van der Waals surface area contributed by atoms with Gasteiger partial charge in [-0.1, -0.05) is 27.7 Å². The highest BCUT2D eigenvalue weighted by atomic mass is 32.1. The SMILES string of the molecule is CCC(=O)N1CC[C@H](Oc2ncnc3c2nc(-c2cnc(C(C)(C)C)s2)n3C)C1. The number of nitrogens with zero attached hydrogens (tertiary/aromatic N) is 6. The largest absolute Gasteiger partial charge is 0.471 e.